The van der Waals surface area contributed by atoms with Crippen LogP contribution < -0.4 is 5.32 Å². The molecular formula is C16H29IN4S. The first-order chi connectivity index (χ1) is 10.2. The molecule has 22 heavy (non-hydrogen) atoms. The maximum Gasteiger partial charge on any atom is 0.193 e. The van der Waals surface area contributed by atoms with Crippen LogP contribution in [0.3, 0.4) is 0 Å². The second-order valence-electron chi connectivity index (χ2n) is 4.91. The van der Waals surface area contributed by atoms with Gasteiger partial charge in [-0.25, -0.2) is 4.98 Å². The fraction of sp³-hybridized carbons (Fsp3) is 0.625. The van der Waals surface area contributed by atoms with E-state index < -0.39 is 0 Å². The van der Waals surface area contributed by atoms with Crippen molar-refractivity contribution < 1.29 is 0 Å². The molecule has 0 saturated carbocycles. The monoisotopic (exact) mass is 436 g/mol. The molecule has 0 spiro atoms. The van der Waals surface area contributed by atoms with Crippen LogP contribution >= 0.6 is 35.3 Å². The van der Waals surface area contributed by atoms with E-state index in [1.54, 1.807) is 11.3 Å². The minimum atomic E-state index is 0. The summed E-state index contributed by atoms with van der Waals surface area (Å²) in [4.78, 5) is 12.7. The van der Waals surface area contributed by atoms with Crippen LogP contribution in [0.4, 0.5) is 0 Å². The maximum atomic E-state index is 4.69. The molecule has 0 radical (unpaired) electrons. The molecule has 0 aliphatic carbocycles. The van der Waals surface area contributed by atoms with Gasteiger partial charge in [-0.05, 0) is 26.2 Å². The summed E-state index contributed by atoms with van der Waals surface area (Å²) in [5.41, 5.74) is 0. The van der Waals surface area contributed by atoms with Gasteiger partial charge in [-0.15, -0.1) is 41.9 Å². The summed E-state index contributed by atoms with van der Waals surface area (Å²) in [5, 5.41) is 4.53. The molecule has 0 unspecified atom stereocenters. The second-order valence-corrected chi connectivity index (χ2v) is 6.11. The number of nitrogens with one attached hydrogen (secondary N) is 1. The Kier molecular flexibility index (Phi) is 12.5. The summed E-state index contributed by atoms with van der Waals surface area (Å²) in [6, 6.07) is 0. The van der Waals surface area contributed by atoms with Crippen LogP contribution in [-0.2, 0) is 12.8 Å². The Balaban J connectivity index is 0.00000441. The second kappa shape index (κ2) is 12.9. The van der Waals surface area contributed by atoms with Gasteiger partial charge < -0.3 is 10.2 Å². The van der Waals surface area contributed by atoms with Gasteiger partial charge in [0.1, 0.15) is 0 Å². The van der Waals surface area contributed by atoms with E-state index in [0.29, 0.717) is 0 Å². The van der Waals surface area contributed by atoms with Gasteiger partial charge in [0.2, 0.25) is 0 Å². The lowest BCUT2D eigenvalue weighted by Gasteiger charge is -2.21. The van der Waals surface area contributed by atoms with Crippen LogP contribution in [0.25, 0.3) is 0 Å². The molecule has 0 fully saturated rings. The van der Waals surface area contributed by atoms with Gasteiger partial charge in [0.05, 0.1) is 5.01 Å². The highest BCUT2D eigenvalue weighted by Gasteiger charge is 2.05. The van der Waals surface area contributed by atoms with Crippen molar-refractivity contribution >= 4 is 41.3 Å². The first kappa shape index (κ1) is 21.4. The first-order valence-electron chi connectivity index (χ1n) is 7.75. The minimum absolute atomic E-state index is 0. The molecular weight excluding hydrogens is 407 g/mol. The highest BCUT2D eigenvalue weighted by molar-refractivity contribution is 14.0. The number of aryl methyl sites for hydroxylation is 1. The highest BCUT2D eigenvalue weighted by Crippen LogP contribution is 2.13. The van der Waals surface area contributed by atoms with Crippen molar-refractivity contribution in [1.82, 2.24) is 15.2 Å². The van der Waals surface area contributed by atoms with E-state index in [1.165, 1.54) is 9.88 Å². The molecule has 0 atom stereocenters. The standard InChI is InChI=1S/C16H28N4S.HI/c1-5-8-9-12-20(4)16(17-7-3)18-11-10-15-19-13-14(6-2)21-15;/h5,13H,1,6-12H2,2-4H3,(H,17,18);1H. The van der Waals surface area contributed by atoms with E-state index in [9.17, 15) is 0 Å². The van der Waals surface area contributed by atoms with Crippen LogP contribution in [0.5, 0.6) is 0 Å². The Hall–Kier alpha value is -0.630. The molecule has 126 valence electrons. The molecule has 1 aromatic heterocycles. The van der Waals surface area contributed by atoms with Crippen LogP contribution in [0.1, 0.15) is 36.6 Å². The number of thiazole rings is 1. The van der Waals surface area contributed by atoms with E-state index in [1.807, 2.05) is 12.3 Å². The highest BCUT2D eigenvalue weighted by atomic mass is 127. The fourth-order valence-corrected chi connectivity index (χ4v) is 2.78. The molecule has 0 saturated heterocycles. The fourth-order valence-electron chi connectivity index (χ4n) is 1.93. The first-order valence-corrected chi connectivity index (χ1v) is 8.56. The molecule has 0 aliphatic rings. The van der Waals surface area contributed by atoms with Gasteiger partial charge >= 0.3 is 0 Å². The Labute approximate surface area is 156 Å². The number of aromatic nitrogens is 1. The molecule has 1 aromatic rings. The molecule has 0 bridgehead atoms. The number of hydrogen-bond donors (Lipinski definition) is 1. The molecule has 1 rings (SSSR count). The van der Waals surface area contributed by atoms with Crippen molar-refractivity contribution in [2.75, 3.05) is 26.7 Å². The Bertz CT molecular complexity index is 445. The van der Waals surface area contributed by atoms with E-state index >= 15 is 0 Å². The van der Waals surface area contributed by atoms with Gasteiger partial charge in [0.15, 0.2) is 5.96 Å². The summed E-state index contributed by atoms with van der Waals surface area (Å²) in [6.45, 7) is 10.7. The van der Waals surface area contributed by atoms with Gasteiger partial charge in [-0.2, -0.15) is 0 Å². The third kappa shape index (κ3) is 8.12. The Morgan fingerprint density at radius 2 is 2.27 bits per heavy atom. The predicted octanol–water partition coefficient (Wildman–Crippen LogP) is 3.73. The smallest absolute Gasteiger partial charge is 0.193 e. The quantitative estimate of drug-likeness (QED) is 0.211. The zero-order valence-corrected chi connectivity index (χ0v) is 17.1. The van der Waals surface area contributed by atoms with E-state index in [4.69, 9.17) is 4.99 Å². The lowest BCUT2D eigenvalue weighted by molar-refractivity contribution is 0.470. The van der Waals surface area contributed by atoms with Crippen molar-refractivity contribution in [1.29, 1.82) is 0 Å². The Morgan fingerprint density at radius 3 is 2.86 bits per heavy atom. The summed E-state index contributed by atoms with van der Waals surface area (Å²) >= 11 is 1.80. The third-order valence-electron chi connectivity index (χ3n) is 3.14. The van der Waals surface area contributed by atoms with Crippen molar-refractivity contribution in [3.8, 4) is 0 Å². The summed E-state index contributed by atoms with van der Waals surface area (Å²) in [5.74, 6) is 0.980. The molecule has 1 N–H and O–H groups in total. The van der Waals surface area contributed by atoms with Crippen LogP contribution in [0.15, 0.2) is 23.8 Å². The van der Waals surface area contributed by atoms with Crippen molar-refractivity contribution in [2.24, 2.45) is 4.99 Å². The predicted molar refractivity (Wildman–Crippen MR) is 109 cm³/mol. The number of aliphatic imine (C=N–C) groups is 1. The zero-order valence-electron chi connectivity index (χ0n) is 14.0. The van der Waals surface area contributed by atoms with Crippen molar-refractivity contribution in [3.63, 3.8) is 0 Å². The van der Waals surface area contributed by atoms with Crippen LogP contribution in [-0.4, -0.2) is 42.5 Å². The van der Waals surface area contributed by atoms with Gasteiger partial charge in [-0.3, -0.25) is 4.99 Å². The number of nitrogens with zero attached hydrogens (tertiary/aromatic N) is 3. The number of guanidine groups is 1. The van der Waals surface area contributed by atoms with Crippen LogP contribution in [0.2, 0.25) is 0 Å². The Morgan fingerprint density at radius 1 is 1.50 bits per heavy atom. The average molecular weight is 436 g/mol. The van der Waals surface area contributed by atoms with Crippen molar-refractivity contribution in [3.05, 3.63) is 28.7 Å². The number of rotatable bonds is 9. The number of allylic oxidation sites excluding steroid dienone is 1. The van der Waals surface area contributed by atoms with Gasteiger partial charge in [0, 0.05) is 44.2 Å². The molecule has 1 heterocycles. The van der Waals surface area contributed by atoms with Crippen LogP contribution in [0, 0.1) is 0 Å². The third-order valence-corrected chi connectivity index (χ3v) is 4.34. The minimum Gasteiger partial charge on any atom is -0.357 e. The van der Waals surface area contributed by atoms with Gasteiger partial charge in [0.25, 0.3) is 0 Å². The number of halogens is 1. The summed E-state index contributed by atoms with van der Waals surface area (Å²) in [6.07, 6.45) is 8.08. The maximum absolute atomic E-state index is 4.69. The number of unbranched alkanes of at least 4 members (excludes halogenated alkanes) is 1. The zero-order chi connectivity index (χ0) is 15.5. The van der Waals surface area contributed by atoms with E-state index in [-0.39, 0.29) is 24.0 Å². The lowest BCUT2D eigenvalue weighted by Crippen LogP contribution is -2.39. The summed E-state index contributed by atoms with van der Waals surface area (Å²) in [7, 11) is 2.09. The molecule has 0 amide bonds. The van der Waals surface area contributed by atoms with E-state index in [2.05, 4.69) is 42.7 Å². The summed E-state index contributed by atoms with van der Waals surface area (Å²) < 4.78 is 0. The average Bonchev–Trinajstić information content (AvgIpc) is 2.94. The molecule has 0 aliphatic heterocycles. The topological polar surface area (TPSA) is 40.5 Å². The largest absolute Gasteiger partial charge is 0.357 e. The molecule has 6 heteroatoms. The van der Waals surface area contributed by atoms with Gasteiger partial charge in [-0.1, -0.05) is 13.0 Å². The molecule has 0 aromatic carbocycles. The molecule has 4 nitrogen and oxygen atoms in total. The lowest BCUT2D eigenvalue weighted by atomic mass is 10.3. The number of hydrogen-bond acceptors (Lipinski definition) is 3. The normalized spacial score (nSPS) is 11.0. The van der Waals surface area contributed by atoms with E-state index in [0.717, 1.165) is 51.3 Å². The van der Waals surface area contributed by atoms with Crippen molar-refractivity contribution in [2.45, 2.75) is 39.5 Å². The SMILES string of the molecule is C=CCCCN(C)C(=NCCc1ncc(CC)s1)NCC.I.